The predicted molar refractivity (Wildman–Crippen MR) is 70.7 cm³/mol. The Morgan fingerprint density at radius 1 is 1.41 bits per heavy atom. The molecule has 4 heteroatoms. The summed E-state index contributed by atoms with van der Waals surface area (Å²) in [5.74, 6) is 0.0960. The van der Waals surface area contributed by atoms with E-state index in [9.17, 15) is 4.79 Å². The fraction of sp³-hybridized carbons (Fsp3) is 0.923. The summed E-state index contributed by atoms with van der Waals surface area (Å²) < 4.78 is 0. The maximum absolute atomic E-state index is 12.0. The highest BCUT2D eigenvalue weighted by Gasteiger charge is 2.45. The number of piperazine rings is 1. The summed E-state index contributed by atoms with van der Waals surface area (Å²) in [6, 6.07) is 0.240. The van der Waals surface area contributed by atoms with Gasteiger partial charge in [-0.15, -0.1) is 0 Å². The van der Waals surface area contributed by atoms with Crippen molar-refractivity contribution in [2.75, 3.05) is 13.1 Å². The number of hydrogen-bond acceptors (Lipinski definition) is 3. The van der Waals surface area contributed by atoms with E-state index in [0.29, 0.717) is 6.54 Å². The first-order chi connectivity index (χ1) is 7.58. The monoisotopic (exact) mass is 241 g/mol. The number of hydrogen-bond donors (Lipinski definition) is 2. The lowest BCUT2D eigenvalue weighted by molar-refractivity contribution is -0.139. The molecule has 1 saturated heterocycles. The zero-order valence-electron chi connectivity index (χ0n) is 12.0. The van der Waals surface area contributed by atoms with Crippen molar-refractivity contribution >= 4 is 5.91 Å². The van der Waals surface area contributed by atoms with Gasteiger partial charge in [-0.1, -0.05) is 20.8 Å². The molecule has 0 bridgehead atoms. The van der Waals surface area contributed by atoms with Gasteiger partial charge in [0.1, 0.15) is 0 Å². The SMILES string of the molecule is CC(N)C(N1CCNC(=O)C1(C)C)C(C)(C)C. The van der Waals surface area contributed by atoms with Crippen LogP contribution in [0.25, 0.3) is 0 Å². The molecule has 0 aromatic carbocycles. The van der Waals surface area contributed by atoms with Crippen LogP contribution in [0.15, 0.2) is 0 Å². The quantitative estimate of drug-likeness (QED) is 0.757. The zero-order chi connectivity index (χ0) is 13.4. The Balaban J connectivity index is 3.06. The minimum Gasteiger partial charge on any atom is -0.353 e. The molecule has 0 aliphatic carbocycles. The Bertz CT molecular complexity index is 292. The number of nitrogens with one attached hydrogen (secondary N) is 1. The molecule has 0 aromatic rings. The third-order valence-corrected chi connectivity index (χ3v) is 3.63. The van der Waals surface area contributed by atoms with E-state index in [1.54, 1.807) is 0 Å². The van der Waals surface area contributed by atoms with Crippen molar-refractivity contribution in [3.05, 3.63) is 0 Å². The first-order valence-electron chi connectivity index (χ1n) is 6.39. The number of nitrogens with two attached hydrogens (primary N) is 1. The van der Waals surface area contributed by atoms with E-state index < -0.39 is 5.54 Å². The molecule has 3 N–H and O–H groups in total. The van der Waals surface area contributed by atoms with Gasteiger partial charge in [0.25, 0.3) is 0 Å². The third-order valence-electron chi connectivity index (χ3n) is 3.63. The Morgan fingerprint density at radius 3 is 2.35 bits per heavy atom. The molecule has 1 amide bonds. The smallest absolute Gasteiger partial charge is 0.240 e. The van der Waals surface area contributed by atoms with Crippen molar-refractivity contribution < 1.29 is 4.79 Å². The second kappa shape index (κ2) is 4.58. The highest BCUT2D eigenvalue weighted by Crippen LogP contribution is 2.32. The Hall–Kier alpha value is -0.610. The van der Waals surface area contributed by atoms with Gasteiger partial charge in [-0.05, 0) is 26.2 Å². The number of carbonyl (C=O) groups is 1. The van der Waals surface area contributed by atoms with E-state index in [4.69, 9.17) is 5.73 Å². The summed E-state index contributed by atoms with van der Waals surface area (Å²) in [6.07, 6.45) is 0. The summed E-state index contributed by atoms with van der Waals surface area (Å²) in [5, 5.41) is 2.93. The fourth-order valence-corrected chi connectivity index (χ4v) is 2.94. The van der Waals surface area contributed by atoms with Crippen LogP contribution in [0.4, 0.5) is 0 Å². The molecular weight excluding hydrogens is 214 g/mol. The summed E-state index contributed by atoms with van der Waals surface area (Å²) >= 11 is 0. The summed E-state index contributed by atoms with van der Waals surface area (Å²) in [7, 11) is 0. The van der Waals surface area contributed by atoms with E-state index in [2.05, 4.69) is 31.0 Å². The van der Waals surface area contributed by atoms with Crippen molar-refractivity contribution in [2.24, 2.45) is 11.1 Å². The maximum Gasteiger partial charge on any atom is 0.240 e. The first-order valence-corrected chi connectivity index (χ1v) is 6.39. The molecule has 2 atom stereocenters. The van der Waals surface area contributed by atoms with Crippen LogP contribution in [0.3, 0.4) is 0 Å². The van der Waals surface area contributed by atoms with Gasteiger partial charge in [0, 0.05) is 25.2 Å². The van der Waals surface area contributed by atoms with Crippen LogP contribution < -0.4 is 11.1 Å². The average Bonchev–Trinajstić information content (AvgIpc) is 2.10. The molecular formula is C13H27N3O. The lowest BCUT2D eigenvalue weighted by Gasteiger charge is -2.51. The minimum atomic E-state index is -0.482. The van der Waals surface area contributed by atoms with Crippen LogP contribution in [0.5, 0.6) is 0 Å². The van der Waals surface area contributed by atoms with Crippen molar-refractivity contribution in [3.63, 3.8) is 0 Å². The lowest BCUT2D eigenvalue weighted by atomic mass is 9.79. The van der Waals surface area contributed by atoms with Crippen molar-refractivity contribution in [1.82, 2.24) is 10.2 Å². The van der Waals surface area contributed by atoms with Gasteiger partial charge in [0.15, 0.2) is 0 Å². The molecule has 2 unspecified atom stereocenters. The van der Waals surface area contributed by atoms with Crippen molar-refractivity contribution in [2.45, 2.75) is 59.2 Å². The van der Waals surface area contributed by atoms with Gasteiger partial charge in [-0.25, -0.2) is 0 Å². The van der Waals surface area contributed by atoms with E-state index in [1.807, 2.05) is 20.8 Å². The predicted octanol–water partition coefficient (Wildman–Crippen LogP) is 0.959. The average molecular weight is 241 g/mol. The van der Waals surface area contributed by atoms with Gasteiger partial charge < -0.3 is 11.1 Å². The van der Waals surface area contributed by atoms with Gasteiger partial charge >= 0.3 is 0 Å². The highest BCUT2D eigenvalue weighted by molar-refractivity contribution is 5.86. The zero-order valence-corrected chi connectivity index (χ0v) is 12.0. The molecule has 17 heavy (non-hydrogen) atoms. The fourth-order valence-electron chi connectivity index (χ4n) is 2.94. The van der Waals surface area contributed by atoms with E-state index in [-0.39, 0.29) is 23.4 Å². The summed E-state index contributed by atoms with van der Waals surface area (Å²) in [6.45, 7) is 14.1. The van der Waals surface area contributed by atoms with Gasteiger partial charge in [0.2, 0.25) is 5.91 Å². The van der Waals surface area contributed by atoms with Gasteiger partial charge in [-0.3, -0.25) is 9.69 Å². The van der Waals surface area contributed by atoms with Crippen LogP contribution in [-0.2, 0) is 4.79 Å². The standard InChI is InChI=1S/C13H27N3O/c1-9(14)10(12(2,3)4)16-8-7-15-11(17)13(16,5)6/h9-10H,7-8,14H2,1-6H3,(H,15,17). The molecule has 1 heterocycles. The van der Waals surface area contributed by atoms with Crippen molar-refractivity contribution in [1.29, 1.82) is 0 Å². The van der Waals surface area contributed by atoms with E-state index in [0.717, 1.165) is 6.54 Å². The molecule has 0 spiro atoms. The molecule has 1 aliphatic rings. The molecule has 1 fully saturated rings. The number of rotatable bonds is 2. The van der Waals surface area contributed by atoms with Crippen LogP contribution in [0.1, 0.15) is 41.5 Å². The van der Waals surface area contributed by atoms with Crippen LogP contribution >= 0.6 is 0 Å². The Kier molecular flexibility index (Phi) is 3.89. The highest BCUT2D eigenvalue weighted by atomic mass is 16.2. The second-order valence-electron chi connectivity index (χ2n) is 6.68. The molecule has 100 valence electrons. The normalized spacial score (nSPS) is 25.2. The van der Waals surface area contributed by atoms with Crippen LogP contribution in [0, 0.1) is 5.41 Å². The van der Waals surface area contributed by atoms with Crippen LogP contribution in [0.2, 0.25) is 0 Å². The van der Waals surface area contributed by atoms with Gasteiger partial charge in [0.05, 0.1) is 5.54 Å². The molecule has 0 aromatic heterocycles. The third kappa shape index (κ3) is 2.80. The largest absolute Gasteiger partial charge is 0.353 e. The molecule has 1 rings (SSSR count). The molecule has 0 radical (unpaired) electrons. The number of nitrogens with zero attached hydrogens (tertiary/aromatic N) is 1. The van der Waals surface area contributed by atoms with Crippen molar-refractivity contribution in [3.8, 4) is 0 Å². The van der Waals surface area contributed by atoms with E-state index >= 15 is 0 Å². The topological polar surface area (TPSA) is 58.4 Å². The Morgan fingerprint density at radius 2 is 1.94 bits per heavy atom. The second-order valence-corrected chi connectivity index (χ2v) is 6.68. The molecule has 1 aliphatic heterocycles. The molecule has 4 nitrogen and oxygen atoms in total. The minimum absolute atomic E-state index is 0.0418. The van der Waals surface area contributed by atoms with Crippen LogP contribution in [-0.4, -0.2) is 41.5 Å². The number of amides is 1. The number of carbonyl (C=O) groups excluding carboxylic acids is 1. The summed E-state index contributed by atoms with van der Waals surface area (Å²) in [5.41, 5.74) is 5.72. The van der Waals surface area contributed by atoms with E-state index in [1.165, 1.54) is 0 Å². The molecule has 0 saturated carbocycles. The maximum atomic E-state index is 12.0. The Labute approximate surface area is 105 Å². The first kappa shape index (κ1) is 14.5. The summed E-state index contributed by atoms with van der Waals surface area (Å²) in [4.78, 5) is 14.2. The lowest BCUT2D eigenvalue weighted by Crippen LogP contribution is -2.69. The van der Waals surface area contributed by atoms with Gasteiger partial charge in [-0.2, -0.15) is 0 Å².